The number of carbonyl (C=O) groups excluding carboxylic acids is 2. The van der Waals surface area contributed by atoms with Gasteiger partial charge in [-0.2, -0.15) is 0 Å². The first-order valence-electron chi connectivity index (χ1n) is 12.6. The van der Waals surface area contributed by atoms with Gasteiger partial charge in [-0.15, -0.1) is 10.2 Å². The molecule has 2 saturated heterocycles. The van der Waals surface area contributed by atoms with Crippen molar-refractivity contribution in [2.45, 2.75) is 89.6 Å². The van der Waals surface area contributed by atoms with E-state index in [0.717, 1.165) is 64.6 Å². The molecule has 2 aliphatic carbocycles. The first-order valence-corrected chi connectivity index (χ1v) is 12.6. The van der Waals surface area contributed by atoms with E-state index >= 15 is 0 Å². The molecule has 0 radical (unpaired) electrons. The van der Waals surface area contributed by atoms with Crippen LogP contribution in [0, 0.1) is 11.3 Å². The SMILES string of the molecule is CC(C)c1nnc(C2CC3(CCN(C(=O)C4CCCC4)CC3)CN2CC(=O)NC2CC2)o1. The lowest BCUT2D eigenvalue weighted by Gasteiger charge is -2.40. The molecular weight excluding hydrogens is 406 g/mol. The van der Waals surface area contributed by atoms with E-state index in [1.807, 2.05) is 13.8 Å². The van der Waals surface area contributed by atoms with Crippen molar-refractivity contribution in [2.24, 2.45) is 11.3 Å². The van der Waals surface area contributed by atoms with Crippen molar-refractivity contribution in [1.82, 2.24) is 25.3 Å². The second-order valence-corrected chi connectivity index (χ2v) is 10.9. The lowest BCUT2D eigenvalue weighted by Crippen LogP contribution is -2.46. The van der Waals surface area contributed by atoms with Crippen molar-refractivity contribution in [3.05, 3.63) is 11.8 Å². The summed E-state index contributed by atoms with van der Waals surface area (Å²) in [5.74, 6) is 2.17. The molecule has 1 atom stereocenters. The van der Waals surface area contributed by atoms with Crippen molar-refractivity contribution >= 4 is 11.8 Å². The maximum Gasteiger partial charge on any atom is 0.234 e. The van der Waals surface area contributed by atoms with E-state index in [2.05, 4.69) is 25.3 Å². The van der Waals surface area contributed by atoms with Gasteiger partial charge in [0, 0.05) is 37.5 Å². The molecule has 1 unspecified atom stereocenters. The summed E-state index contributed by atoms with van der Waals surface area (Å²) in [4.78, 5) is 29.9. The highest BCUT2D eigenvalue weighted by Gasteiger charge is 2.49. The van der Waals surface area contributed by atoms with Gasteiger partial charge < -0.3 is 14.6 Å². The van der Waals surface area contributed by atoms with E-state index in [-0.39, 0.29) is 29.2 Å². The molecule has 0 bridgehead atoms. The molecule has 2 aliphatic heterocycles. The maximum atomic E-state index is 12.9. The number of nitrogens with zero attached hydrogens (tertiary/aromatic N) is 4. The standard InChI is InChI=1S/C24H37N5O3/c1-16(2)21-26-27-22(32-21)19-13-24(15-29(19)14-20(30)25-18-7-8-18)9-11-28(12-10-24)23(31)17-5-3-4-6-17/h16-19H,3-15H2,1-2H3,(H,25,30). The summed E-state index contributed by atoms with van der Waals surface area (Å²) in [6.07, 6.45) is 9.55. The number of nitrogens with one attached hydrogen (secondary N) is 1. The molecule has 0 aromatic carbocycles. The third-order valence-corrected chi connectivity index (χ3v) is 7.97. The van der Waals surface area contributed by atoms with Gasteiger partial charge in [-0.05, 0) is 50.4 Å². The first-order chi connectivity index (χ1) is 15.4. The second-order valence-electron chi connectivity index (χ2n) is 10.9. The summed E-state index contributed by atoms with van der Waals surface area (Å²) in [5, 5.41) is 11.7. The Morgan fingerprint density at radius 1 is 1.12 bits per heavy atom. The van der Waals surface area contributed by atoms with Crippen LogP contribution in [0.25, 0.3) is 0 Å². The first kappa shape index (κ1) is 21.9. The van der Waals surface area contributed by atoms with E-state index in [1.165, 1.54) is 12.8 Å². The van der Waals surface area contributed by atoms with E-state index in [0.29, 0.717) is 30.3 Å². The Balaban J connectivity index is 1.28. The normalized spacial score (nSPS) is 26.3. The quantitative estimate of drug-likeness (QED) is 0.727. The minimum atomic E-state index is -0.0305. The zero-order chi connectivity index (χ0) is 22.3. The van der Waals surface area contributed by atoms with E-state index in [1.54, 1.807) is 0 Å². The number of rotatable bonds is 6. The molecule has 3 heterocycles. The van der Waals surface area contributed by atoms with Crippen LogP contribution in [0.1, 0.15) is 95.4 Å². The Bertz CT molecular complexity index is 834. The van der Waals surface area contributed by atoms with Crippen molar-refractivity contribution in [3.63, 3.8) is 0 Å². The van der Waals surface area contributed by atoms with Gasteiger partial charge in [-0.1, -0.05) is 26.7 Å². The Kier molecular flexibility index (Phi) is 5.99. The number of carbonyl (C=O) groups is 2. The Morgan fingerprint density at radius 3 is 2.47 bits per heavy atom. The van der Waals surface area contributed by atoms with Crippen LogP contribution in [0.4, 0.5) is 0 Å². The largest absolute Gasteiger partial charge is 0.423 e. The summed E-state index contributed by atoms with van der Waals surface area (Å²) in [5.41, 5.74) is 0.101. The summed E-state index contributed by atoms with van der Waals surface area (Å²) in [6, 6.07) is 0.329. The van der Waals surface area contributed by atoms with Gasteiger partial charge in [0.1, 0.15) is 0 Å². The lowest BCUT2D eigenvalue weighted by molar-refractivity contribution is -0.137. The Labute approximate surface area is 190 Å². The van der Waals surface area contributed by atoms with Crippen LogP contribution in [0.2, 0.25) is 0 Å². The number of likely N-dealkylation sites (tertiary alicyclic amines) is 2. The molecule has 176 valence electrons. The minimum Gasteiger partial charge on any atom is -0.423 e. The average Bonchev–Trinajstić information content (AvgIpc) is 3.17. The predicted molar refractivity (Wildman–Crippen MR) is 119 cm³/mol. The molecule has 2 saturated carbocycles. The fourth-order valence-electron chi connectivity index (χ4n) is 5.85. The van der Waals surface area contributed by atoms with Gasteiger partial charge in [0.15, 0.2) is 0 Å². The van der Waals surface area contributed by atoms with Gasteiger partial charge in [0.2, 0.25) is 23.6 Å². The minimum absolute atomic E-state index is 0.0305. The van der Waals surface area contributed by atoms with Crippen molar-refractivity contribution in [2.75, 3.05) is 26.2 Å². The Hall–Kier alpha value is -1.96. The van der Waals surface area contributed by atoms with Crippen LogP contribution in [0.5, 0.6) is 0 Å². The zero-order valence-electron chi connectivity index (χ0n) is 19.5. The fraction of sp³-hybridized carbons (Fsp3) is 0.833. The van der Waals surface area contributed by atoms with Crippen LogP contribution in [0.15, 0.2) is 4.42 Å². The molecule has 2 amide bonds. The molecule has 32 heavy (non-hydrogen) atoms. The highest BCUT2D eigenvalue weighted by molar-refractivity contribution is 5.79. The summed E-state index contributed by atoms with van der Waals surface area (Å²) < 4.78 is 6.03. The lowest BCUT2D eigenvalue weighted by atomic mass is 9.76. The third kappa shape index (κ3) is 4.56. The molecule has 4 fully saturated rings. The number of amides is 2. The monoisotopic (exact) mass is 443 g/mol. The molecule has 1 spiro atoms. The number of aromatic nitrogens is 2. The molecule has 8 heteroatoms. The fourth-order valence-corrected chi connectivity index (χ4v) is 5.85. The highest BCUT2D eigenvalue weighted by Crippen LogP contribution is 2.49. The number of piperidine rings is 1. The van der Waals surface area contributed by atoms with Crippen LogP contribution in [0.3, 0.4) is 0 Å². The number of hydrogen-bond donors (Lipinski definition) is 1. The van der Waals surface area contributed by atoms with E-state index in [4.69, 9.17) is 4.42 Å². The van der Waals surface area contributed by atoms with Gasteiger partial charge in [-0.3, -0.25) is 14.5 Å². The molecule has 1 aromatic heterocycles. The zero-order valence-corrected chi connectivity index (χ0v) is 19.5. The number of hydrogen-bond acceptors (Lipinski definition) is 6. The van der Waals surface area contributed by atoms with E-state index < -0.39 is 0 Å². The summed E-state index contributed by atoms with van der Waals surface area (Å²) in [6.45, 7) is 6.96. The van der Waals surface area contributed by atoms with Gasteiger partial charge in [-0.25, -0.2) is 0 Å². The van der Waals surface area contributed by atoms with Crippen molar-refractivity contribution in [1.29, 1.82) is 0 Å². The molecule has 4 aliphatic rings. The third-order valence-electron chi connectivity index (χ3n) is 7.97. The maximum absolute atomic E-state index is 12.9. The molecule has 8 nitrogen and oxygen atoms in total. The second kappa shape index (κ2) is 8.76. The predicted octanol–water partition coefficient (Wildman–Crippen LogP) is 3.02. The van der Waals surface area contributed by atoms with Crippen LogP contribution in [-0.4, -0.2) is 64.0 Å². The van der Waals surface area contributed by atoms with E-state index in [9.17, 15) is 9.59 Å². The summed E-state index contributed by atoms with van der Waals surface area (Å²) in [7, 11) is 0. The topological polar surface area (TPSA) is 91.6 Å². The molecule has 5 rings (SSSR count). The van der Waals surface area contributed by atoms with Crippen LogP contribution in [-0.2, 0) is 9.59 Å². The highest BCUT2D eigenvalue weighted by atomic mass is 16.4. The Morgan fingerprint density at radius 2 is 1.84 bits per heavy atom. The van der Waals surface area contributed by atoms with Crippen molar-refractivity contribution in [3.8, 4) is 0 Å². The molecule has 1 aromatic rings. The summed E-state index contributed by atoms with van der Waals surface area (Å²) >= 11 is 0. The van der Waals surface area contributed by atoms with Crippen molar-refractivity contribution < 1.29 is 14.0 Å². The van der Waals surface area contributed by atoms with Gasteiger partial charge in [0.05, 0.1) is 12.6 Å². The van der Waals surface area contributed by atoms with Gasteiger partial charge in [0.25, 0.3) is 0 Å². The van der Waals surface area contributed by atoms with Crippen LogP contribution < -0.4 is 5.32 Å². The smallest absolute Gasteiger partial charge is 0.234 e. The molecular formula is C24H37N5O3. The van der Waals surface area contributed by atoms with Crippen LogP contribution >= 0.6 is 0 Å². The average molecular weight is 444 g/mol. The molecule has 1 N–H and O–H groups in total. The van der Waals surface area contributed by atoms with Gasteiger partial charge >= 0.3 is 0 Å².